The third-order valence-corrected chi connectivity index (χ3v) is 5.62. The van der Waals surface area contributed by atoms with Crippen molar-refractivity contribution in [3.8, 4) is 0 Å². The number of urea groups is 1. The number of carbonyl (C=O) groups is 1. The van der Waals surface area contributed by atoms with Gasteiger partial charge in [-0.2, -0.15) is 0 Å². The molecule has 2 amide bonds. The van der Waals surface area contributed by atoms with E-state index in [9.17, 15) is 4.79 Å². The number of hydrogen-bond acceptors (Lipinski definition) is 4. The van der Waals surface area contributed by atoms with E-state index < -0.39 is 0 Å². The SMILES string of the molecule is Cc1nc2cccnc2n1CCN1CCN(C(=O)Nc2ccc(Br)cc2)CC1. The van der Waals surface area contributed by atoms with Crippen LogP contribution in [0.15, 0.2) is 47.1 Å². The minimum Gasteiger partial charge on any atom is -0.322 e. The largest absolute Gasteiger partial charge is 0.322 e. The van der Waals surface area contributed by atoms with Crippen LogP contribution in [-0.2, 0) is 6.54 Å². The van der Waals surface area contributed by atoms with E-state index in [0.29, 0.717) is 0 Å². The number of rotatable bonds is 4. The van der Waals surface area contributed by atoms with E-state index in [4.69, 9.17) is 0 Å². The molecule has 0 spiro atoms. The second-order valence-electron chi connectivity index (χ2n) is 6.92. The van der Waals surface area contributed by atoms with Crippen molar-refractivity contribution in [1.82, 2.24) is 24.3 Å². The van der Waals surface area contributed by atoms with Gasteiger partial charge in [0, 0.05) is 55.6 Å². The molecule has 2 aromatic heterocycles. The lowest BCUT2D eigenvalue weighted by atomic mass is 10.3. The average Bonchev–Trinajstić information content (AvgIpc) is 3.03. The normalized spacial score (nSPS) is 15.1. The summed E-state index contributed by atoms with van der Waals surface area (Å²) in [6.45, 7) is 6.98. The van der Waals surface area contributed by atoms with Crippen LogP contribution in [0.25, 0.3) is 11.2 Å². The molecule has 0 radical (unpaired) electrons. The molecule has 3 aromatic rings. The Hall–Kier alpha value is -2.45. The summed E-state index contributed by atoms with van der Waals surface area (Å²) in [4.78, 5) is 25.8. The Morgan fingerprint density at radius 3 is 2.61 bits per heavy atom. The highest BCUT2D eigenvalue weighted by Crippen LogP contribution is 2.16. The zero-order valence-corrected chi connectivity index (χ0v) is 17.4. The van der Waals surface area contributed by atoms with Crippen LogP contribution in [0.2, 0.25) is 0 Å². The number of nitrogens with one attached hydrogen (secondary N) is 1. The second kappa shape index (κ2) is 8.28. The van der Waals surface area contributed by atoms with Crippen LogP contribution in [0.5, 0.6) is 0 Å². The minimum atomic E-state index is -0.0392. The first-order valence-electron chi connectivity index (χ1n) is 9.42. The molecule has 0 unspecified atom stereocenters. The van der Waals surface area contributed by atoms with E-state index in [1.807, 2.05) is 54.4 Å². The topological polar surface area (TPSA) is 66.3 Å². The maximum Gasteiger partial charge on any atom is 0.321 e. The molecular formula is C20H23BrN6O. The van der Waals surface area contributed by atoms with Crippen LogP contribution in [0.1, 0.15) is 5.82 Å². The molecule has 0 bridgehead atoms. The van der Waals surface area contributed by atoms with Crippen molar-refractivity contribution in [1.29, 1.82) is 0 Å². The molecule has 0 saturated carbocycles. The molecule has 1 N–H and O–H groups in total. The number of benzene rings is 1. The molecule has 7 nitrogen and oxygen atoms in total. The van der Waals surface area contributed by atoms with Gasteiger partial charge in [-0.1, -0.05) is 15.9 Å². The van der Waals surface area contributed by atoms with E-state index in [1.54, 1.807) is 0 Å². The van der Waals surface area contributed by atoms with Crippen molar-refractivity contribution >= 4 is 38.8 Å². The molecule has 8 heteroatoms. The van der Waals surface area contributed by atoms with Gasteiger partial charge in [-0.15, -0.1) is 0 Å². The summed E-state index contributed by atoms with van der Waals surface area (Å²) in [5.41, 5.74) is 2.69. The molecule has 1 aliphatic rings. The number of imidazole rings is 1. The summed E-state index contributed by atoms with van der Waals surface area (Å²) >= 11 is 3.40. The van der Waals surface area contributed by atoms with Crippen LogP contribution in [0.3, 0.4) is 0 Å². The Bertz CT molecular complexity index is 962. The molecule has 0 atom stereocenters. The Morgan fingerprint density at radius 2 is 1.86 bits per heavy atom. The van der Waals surface area contributed by atoms with Gasteiger partial charge in [0.25, 0.3) is 0 Å². The number of pyridine rings is 1. The van der Waals surface area contributed by atoms with E-state index in [1.165, 1.54) is 0 Å². The van der Waals surface area contributed by atoms with Gasteiger partial charge in [-0.25, -0.2) is 14.8 Å². The summed E-state index contributed by atoms with van der Waals surface area (Å²) in [7, 11) is 0. The summed E-state index contributed by atoms with van der Waals surface area (Å²) in [6.07, 6.45) is 1.81. The molecule has 0 aliphatic carbocycles. The first-order valence-corrected chi connectivity index (χ1v) is 10.2. The van der Waals surface area contributed by atoms with Gasteiger partial charge in [0.2, 0.25) is 0 Å². The number of piperazine rings is 1. The maximum absolute atomic E-state index is 12.5. The number of anilines is 1. The molecule has 1 fully saturated rings. The van der Waals surface area contributed by atoms with Crippen LogP contribution in [-0.4, -0.2) is 63.1 Å². The highest BCUT2D eigenvalue weighted by Gasteiger charge is 2.21. The summed E-state index contributed by atoms with van der Waals surface area (Å²) < 4.78 is 3.16. The fraction of sp³-hybridized carbons (Fsp3) is 0.350. The first-order chi connectivity index (χ1) is 13.6. The standard InChI is InChI=1S/C20H23BrN6O/c1-15-23-18-3-2-8-22-19(18)27(15)14-11-25-9-12-26(13-10-25)20(28)24-17-6-4-16(21)5-7-17/h2-8H,9-14H2,1H3,(H,24,28). The van der Waals surface area contributed by atoms with Gasteiger partial charge in [-0.3, -0.25) is 4.90 Å². The Kier molecular flexibility index (Phi) is 5.59. The number of aryl methyl sites for hydroxylation is 1. The van der Waals surface area contributed by atoms with Crippen LogP contribution >= 0.6 is 15.9 Å². The summed E-state index contributed by atoms with van der Waals surface area (Å²) in [5, 5.41) is 2.96. The van der Waals surface area contributed by atoms with E-state index in [0.717, 1.165) is 66.4 Å². The monoisotopic (exact) mass is 442 g/mol. The average molecular weight is 443 g/mol. The minimum absolute atomic E-state index is 0.0392. The summed E-state index contributed by atoms with van der Waals surface area (Å²) in [5.74, 6) is 0.987. The number of amides is 2. The smallest absolute Gasteiger partial charge is 0.321 e. The number of carbonyl (C=O) groups excluding carboxylic acids is 1. The van der Waals surface area contributed by atoms with E-state index in [-0.39, 0.29) is 6.03 Å². The number of nitrogens with zero attached hydrogens (tertiary/aromatic N) is 5. The van der Waals surface area contributed by atoms with Crippen LogP contribution in [0.4, 0.5) is 10.5 Å². The van der Waals surface area contributed by atoms with Crippen LogP contribution in [0, 0.1) is 6.92 Å². The molecule has 4 rings (SSSR count). The maximum atomic E-state index is 12.5. The van der Waals surface area contributed by atoms with Crippen molar-refractivity contribution < 1.29 is 4.79 Å². The van der Waals surface area contributed by atoms with Crippen molar-refractivity contribution in [2.45, 2.75) is 13.5 Å². The molecule has 3 heterocycles. The first kappa shape index (κ1) is 18.9. The van der Waals surface area contributed by atoms with Crippen molar-refractivity contribution in [2.75, 3.05) is 38.0 Å². The molecule has 1 aliphatic heterocycles. The molecule has 28 heavy (non-hydrogen) atoms. The molecule has 1 saturated heterocycles. The quantitative estimate of drug-likeness (QED) is 0.672. The molecular weight excluding hydrogens is 420 g/mol. The second-order valence-corrected chi connectivity index (χ2v) is 7.84. The third kappa shape index (κ3) is 4.18. The van der Waals surface area contributed by atoms with Gasteiger partial charge in [0.1, 0.15) is 11.3 Å². The highest BCUT2D eigenvalue weighted by atomic mass is 79.9. The fourth-order valence-corrected chi connectivity index (χ4v) is 3.76. The lowest BCUT2D eigenvalue weighted by molar-refractivity contribution is 0.144. The van der Waals surface area contributed by atoms with Crippen LogP contribution < -0.4 is 5.32 Å². The van der Waals surface area contributed by atoms with Crippen molar-refractivity contribution in [3.63, 3.8) is 0 Å². The molecule has 146 valence electrons. The highest BCUT2D eigenvalue weighted by molar-refractivity contribution is 9.10. The zero-order chi connectivity index (χ0) is 19.5. The predicted molar refractivity (Wildman–Crippen MR) is 113 cm³/mol. The van der Waals surface area contributed by atoms with Gasteiger partial charge in [0.05, 0.1) is 0 Å². The Balaban J connectivity index is 1.28. The lowest BCUT2D eigenvalue weighted by Gasteiger charge is -2.34. The summed E-state index contributed by atoms with van der Waals surface area (Å²) in [6, 6.07) is 11.5. The predicted octanol–water partition coefficient (Wildman–Crippen LogP) is 3.35. The van der Waals surface area contributed by atoms with Gasteiger partial charge >= 0.3 is 6.03 Å². The number of aromatic nitrogens is 3. The zero-order valence-electron chi connectivity index (χ0n) is 15.8. The van der Waals surface area contributed by atoms with Gasteiger partial charge in [-0.05, 0) is 43.3 Å². The van der Waals surface area contributed by atoms with Gasteiger partial charge in [0.15, 0.2) is 5.65 Å². The lowest BCUT2D eigenvalue weighted by Crippen LogP contribution is -2.50. The number of halogens is 1. The van der Waals surface area contributed by atoms with Crippen molar-refractivity contribution in [2.24, 2.45) is 0 Å². The number of hydrogen-bond donors (Lipinski definition) is 1. The third-order valence-electron chi connectivity index (χ3n) is 5.09. The van der Waals surface area contributed by atoms with Gasteiger partial charge < -0.3 is 14.8 Å². The Labute approximate surface area is 172 Å². The fourth-order valence-electron chi connectivity index (χ4n) is 3.49. The van der Waals surface area contributed by atoms with Crippen molar-refractivity contribution in [3.05, 3.63) is 52.9 Å². The Morgan fingerprint density at radius 1 is 1.11 bits per heavy atom. The number of fused-ring (bicyclic) bond motifs is 1. The van der Waals surface area contributed by atoms with E-state index >= 15 is 0 Å². The van der Waals surface area contributed by atoms with E-state index in [2.05, 4.69) is 40.7 Å². The molecule has 1 aromatic carbocycles.